The van der Waals surface area contributed by atoms with Crippen LogP contribution in [0, 0.1) is 6.07 Å². The third-order valence-electron chi connectivity index (χ3n) is 20.4. The summed E-state index contributed by atoms with van der Waals surface area (Å²) in [6.45, 7) is 46.8. The van der Waals surface area contributed by atoms with Crippen LogP contribution in [0.5, 0.6) is 0 Å². The number of aliphatic hydroxyl groups is 4. The fourth-order valence-corrected chi connectivity index (χ4v) is 14.2. The average molecular weight is 2030 g/mol. The number of halogens is 4. The molecular formula is C98H143BClF3LiN7O29S. The summed E-state index contributed by atoms with van der Waals surface area (Å²) in [7, 11) is -7.08. The van der Waals surface area contributed by atoms with Crippen molar-refractivity contribution in [2.75, 3.05) is 105 Å². The molecule has 9 aliphatic heterocycles. The van der Waals surface area contributed by atoms with E-state index in [1.54, 1.807) is 101 Å². The third-order valence-corrected chi connectivity index (χ3v) is 21.8. The Labute approximate surface area is 842 Å². The van der Waals surface area contributed by atoms with Gasteiger partial charge < -0.3 is 124 Å². The maximum absolute atomic E-state index is 12.2. The number of benzene rings is 1. The Bertz CT molecular complexity index is 4810. The Morgan fingerprint density at radius 1 is 0.504 bits per heavy atom. The number of β-amino-alcohol motifs (C(OH)–C–C–N with tert-alkyl or cyclic N) is 2. The number of carbonyl (C=O) groups is 7. The minimum atomic E-state index is -5.67. The van der Waals surface area contributed by atoms with E-state index < -0.39 is 86.5 Å². The van der Waals surface area contributed by atoms with E-state index in [0.29, 0.717) is 110 Å². The molecule has 141 heavy (non-hydrogen) atoms. The van der Waals surface area contributed by atoms with Gasteiger partial charge in [-0.1, -0.05) is 12.2 Å². The van der Waals surface area contributed by atoms with Crippen LogP contribution >= 0.6 is 11.8 Å². The molecule has 6 saturated heterocycles. The van der Waals surface area contributed by atoms with Crippen LogP contribution in [-0.2, 0) is 62.6 Å². The summed E-state index contributed by atoms with van der Waals surface area (Å²) < 4.78 is 131. The molecule has 5 atom stereocenters. The molecule has 14 heterocycles. The molecule has 6 N–H and O–H groups in total. The molecule has 0 spiro atoms. The number of carbonyl (C=O) groups excluding carboxylic acids is 7. The molecule has 0 saturated carbocycles. The number of fused-ring (bicyclic) bond motifs is 1. The van der Waals surface area contributed by atoms with E-state index in [-0.39, 0.29) is 98.5 Å². The second kappa shape index (κ2) is 56.9. The van der Waals surface area contributed by atoms with Crippen molar-refractivity contribution in [2.24, 2.45) is 0 Å². The molecule has 0 radical (unpaired) electrons. The minimum absolute atomic E-state index is 0. The van der Waals surface area contributed by atoms with Crippen molar-refractivity contribution in [3.63, 3.8) is 0 Å². The summed E-state index contributed by atoms with van der Waals surface area (Å²) in [4.78, 5) is 91.1. The Kier molecular flexibility index (Phi) is 49.8. The van der Waals surface area contributed by atoms with Crippen molar-refractivity contribution in [1.82, 2.24) is 33.8 Å². The number of likely N-dealkylation sites (tertiary alicyclic amines) is 3. The number of hydrogen-bond donors (Lipinski definition) is 6. The molecule has 0 aliphatic carbocycles. The Morgan fingerprint density at radius 2 is 0.943 bits per heavy atom. The van der Waals surface area contributed by atoms with Gasteiger partial charge in [-0.05, 0) is 215 Å². The number of nitrogens with zero attached hydrogens (tertiary/aromatic N) is 7. The zero-order chi connectivity index (χ0) is 105. The third kappa shape index (κ3) is 46.9. The van der Waals surface area contributed by atoms with E-state index in [2.05, 4.69) is 33.9 Å². The summed E-state index contributed by atoms with van der Waals surface area (Å²) in [6.07, 6.45) is 23.7. The van der Waals surface area contributed by atoms with Crippen molar-refractivity contribution < 1.29 is 169 Å². The van der Waals surface area contributed by atoms with Gasteiger partial charge in [0, 0.05) is 152 Å². The molecule has 36 nitrogen and oxygen atoms in total. The van der Waals surface area contributed by atoms with Crippen LogP contribution < -0.4 is 24.3 Å². The summed E-state index contributed by atoms with van der Waals surface area (Å²) in [6, 6.07) is 21.5. The van der Waals surface area contributed by atoms with E-state index >= 15 is 0 Å². The van der Waals surface area contributed by atoms with Gasteiger partial charge in [-0.25, -0.2) is 33.2 Å². The first-order valence-corrected chi connectivity index (χ1v) is 47.8. The first-order valence-electron chi connectivity index (χ1n) is 46.0. The fraction of sp³-hybridized carbons (Fsp3) is 0.582. The van der Waals surface area contributed by atoms with Crippen molar-refractivity contribution in [3.8, 4) is 0 Å². The maximum Gasteiger partial charge on any atom is 1.00 e. The predicted molar refractivity (Wildman–Crippen MR) is 515 cm³/mol. The van der Waals surface area contributed by atoms with Crippen molar-refractivity contribution >= 4 is 88.0 Å². The number of piperidine rings is 4. The van der Waals surface area contributed by atoms with Crippen molar-refractivity contribution in [2.45, 2.75) is 264 Å². The van der Waals surface area contributed by atoms with E-state index in [0.717, 1.165) is 60.0 Å². The summed E-state index contributed by atoms with van der Waals surface area (Å²) in [5.74, 6) is -1.56. The molecule has 6 fully saturated rings. The van der Waals surface area contributed by atoms with Crippen LogP contribution in [0.4, 0.5) is 41.9 Å². The summed E-state index contributed by atoms with van der Waals surface area (Å²) >= 11 is 5.56. The Balaban J connectivity index is 0.000000333. The fourth-order valence-electron chi connectivity index (χ4n) is 13.5. The molecule has 6 amide bonds. The molecule has 782 valence electrons. The number of Topliss-reactive ketones (excluding diaryl/α,β-unsaturated/α-hetero) is 1. The largest absolute Gasteiger partial charge is 1.00 e. The van der Waals surface area contributed by atoms with Gasteiger partial charge in [-0.3, -0.25) is 4.79 Å². The van der Waals surface area contributed by atoms with Crippen LogP contribution in [0.15, 0.2) is 183 Å². The smallest absolute Gasteiger partial charge is 0.473 e. The number of alkyl halides is 3. The molecule has 0 bridgehead atoms. The monoisotopic (exact) mass is 2020 g/mol. The number of furan rings is 5. The van der Waals surface area contributed by atoms with Crippen molar-refractivity contribution in [1.29, 1.82) is 0 Å². The molecule has 43 heteroatoms. The van der Waals surface area contributed by atoms with Gasteiger partial charge in [0.2, 0.25) is 0 Å². The van der Waals surface area contributed by atoms with Gasteiger partial charge in [-0.15, -0.1) is 13.2 Å². The zero-order valence-corrected chi connectivity index (χ0v) is 86.2. The van der Waals surface area contributed by atoms with Gasteiger partial charge in [0.15, 0.2) is 5.79 Å². The van der Waals surface area contributed by atoms with Crippen LogP contribution in [0.1, 0.15) is 217 Å². The van der Waals surface area contributed by atoms with Gasteiger partial charge in [0.25, 0.3) is 0 Å². The average Bonchev–Trinajstić information content (AvgIpc) is 1.56. The number of epoxide rings is 1. The number of ether oxygens (including phenoxy) is 8. The first-order chi connectivity index (χ1) is 65.2. The second-order valence-corrected chi connectivity index (χ2v) is 41.2. The number of rotatable bonds is 7. The van der Waals surface area contributed by atoms with E-state index in [9.17, 15) is 65.4 Å². The molecule has 1 aromatic carbocycles. The van der Waals surface area contributed by atoms with Gasteiger partial charge in [0.1, 0.15) is 56.9 Å². The van der Waals surface area contributed by atoms with Crippen LogP contribution in [0.2, 0.25) is 0 Å². The number of amides is 6. The van der Waals surface area contributed by atoms with E-state index in [1.165, 1.54) is 46.8 Å². The quantitative estimate of drug-likeness (QED) is 0.00995. The van der Waals surface area contributed by atoms with Gasteiger partial charge in [0.05, 0.1) is 94.5 Å². The topological polar surface area (TPSA) is 450 Å². The minimum Gasteiger partial charge on any atom is -0.473 e. The Morgan fingerprint density at radius 3 is 1.31 bits per heavy atom. The second-order valence-electron chi connectivity index (χ2n) is 39.2. The first kappa shape index (κ1) is 123. The molecule has 15 rings (SSSR count). The van der Waals surface area contributed by atoms with Crippen molar-refractivity contribution in [3.05, 3.63) is 189 Å². The van der Waals surface area contributed by atoms with Gasteiger partial charge in [-0.2, -0.15) is 58.0 Å². The molecule has 5 aromatic heterocycles. The number of ketones is 1. The molecule has 9 aliphatic rings. The molecule has 5 unspecified atom stereocenters. The molecule has 6 aromatic rings. The van der Waals surface area contributed by atoms with Crippen LogP contribution in [0.25, 0.3) is 11.1 Å². The zero-order valence-electron chi connectivity index (χ0n) is 84.6. The number of hydrogen-bond acceptors (Lipinski definition) is 30. The standard InChI is InChI=1S/C14H19NO4.C14H21NO4.C14H19NO4.C14H19NO3.C11H16F3NO5S.C10H17NO3.C6H5.C5H10ClNO2.C4H5BO3.C4H8O.C2H4.Li/c1-13(2,3)19-12(16)15-6-5-14(11(8-15)18-14)10-4-7-17-9-10;2*1-14(2,3)19-13(17)15-6-4-11(12(16)8-15)10-5-7-18-9-10;1-14(2,3)18-13(16)15-7-4-11(5-8-15)12-6-9-17-10-12;1-10(2,3)19-9(16)15-6-4-8(5-7-15)20-21(17,18)11(12,13)14;1-10(2,3)14-9(13)11-6-4-8(12)5-7-11;1-2-4-6-5-3-1;6-7-3-1-5(8,9)2-4-7;6-5(7)4-1-2-8-3-4;1-2-4-5-3-1;1-2;/h4,7,9,11H,5-6,8H2,1-3H3;5,7,9,11-12,16H,4,6,8H2,1-3H3;4-5,7,9,12,16H,6,8H2,1-3H3;4,6,9-10H,5,7-8H2,1-3H3;4H,5-7H2,1-3H3;4-7H2,1-3H3;1-5H;8-9H,1-4H2;1-3,6-7H;1-4H2;1-2H2;/q;;;;;;-1;;;;;+1. The van der Waals surface area contributed by atoms with Crippen LogP contribution in [0.3, 0.4) is 0 Å². The van der Waals surface area contributed by atoms with E-state index in [1.807, 2.05) is 158 Å². The Hall–Kier alpha value is -10.00. The number of aliphatic hydroxyl groups excluding tert-OH is 2. The van der Waals surface area contributed by atoms with Gasteiger partial charge >= 0.3 is 78.2 Å². The maximum atomic E-state index is 12.2. The SMILES string of the molecule is C1CCOC1.C=C.CC(C)(C)OC(=O)N1CC=C(OS(=O)(=O)C(F)(F)F)CC1.CC(C)(C)OC(=O)N1CC=C(c2ccoc2)C(O)C1.CC(C)(C)OC(=O)N1CC=C(c2ccoc2)CC1.CC(C)(C)OC(=O)N1CCC(=O)CC1.CC(C)(C)OC(=O)N1CCC(c2ccoc2)C(O)C1.CC(C)(C)OC(=O)N1CCC2(c3ccoc3)OC2C1.OB(O)c1ccoc1.OC1(O)CCN(Cl)CC1.[Li+].[c-]1ccccc1. The van der Waals surface area contributed by atoms with E-state index in [4.69, 9.17) is 87.6 Å². The molecular weight excluding hydrogens is 1880 g/mol. The summed E-state index contributed by atoms with van der Waals surface area (Å²) in [5.41, 5.74) is -2.42. The predicted octanol–water partition coefficient (Wildman–Crippen LogP) is 13.4. The normalized spacial score (nSPS) is 20.0. The van der Waals surface area contributed by atoms with Crippen LogP contribution in [-0.4, -0.2) is 290 Å². The summed E-state index contributed by atoms with van der Waals surface area (Å²) in [5, 5.41) is 55.0.